The summed E-state index contributed by atoms with van der Waals surface area (Å²) in [7, 11) is 0. The molecular weight excluding hydrogens is 270 g/mol. The third kappa shape index (κ3) is 3.08. The van der Waals surface area contributed by atoms with Crippen LogP contribution < -0.4 is 5.73 Å². The zero-order valence-corrected chi connectivity index (χ0v) is 14.2. The number of benzene rings is 2. The van der Waals surface area contributed by atoms with Gasteiger partial charge < -0.3 is 10.8 Å². The van der Waals surface area contributed by atoms with Crippen LogP contribution in [-0.2, 0) is 5.60 Å². The summed E-state index contributed by atoms with van der Waals surface area (Å²) >= 11 is 0. The average molecular weight is 297 g/mol. The molecule has 0 bridgehead atoms. The second-order valence-electron chi connectivity index (χ2n) is 7.35. The highest BCUT2D eigenvalue weighted by Crippen LogP contribution is 2.39. The summed E-state index contributed by atoms with van der Waals surface area (Å²) in [6.07, 6.45) is 0. The van der Waals surface area contributed by atoms with E-state index in [4.69, 9.17) is 5.73 Å². The van der Waals surface area contributed by atoms with Gasteiger partial charge in [-0.1, -0.05) is 80.4 Å². The van der Waals surface area contributed by atoms with E-state index in [2.05, 4.69) is 20.8 Å². The van der Waals surface area contributed by atoms with E-state index in [0.29, 0.717) is 0 Å². The topological polar surface area (TPSA) is 46.2 Å². The summed E-state index contributed by atoms with van der Waals surface area (Å²) < 4.78 is 0. The fourth-order valence-corrected chi connectivity index (χ4v) is 2.92. The maximum absolute atomic E-state index is 11.7. The van der Waals surface area contributed by atoms with Crippen molar-refractivity contribution < 1.29 is 5.11 Å². The monoisotopic (exact) mass is 297 g/mol. The number of aliphatic hydroxyl groups is 1. The van der Waals surface area contributed by atoms with E-state index in [1.165, 1.54) is 0 Å². The van der Waals surface area contributed by atoms with Gasteiger partial charge >= 0.3 is 0 Å². The molecule has 0 aliphatic heterocycles. The predicted molar refractivity (Wildman–Crippen MR) is 92.8 cm³/mol. The third-order valence-corrected chi connectivity index (χ3v) is 4.30. The molecule has 2 nitrogen and oxygen atoms in total. The second kappa shape index (κ2) is 5.86. The van der Waals surface area contributed by atoms with Gasteiger partial charge in [0.2, 0.25) is 0 Å². The summed E-state index contributed by atoms with van der Waals surface area (Å²) in [6, 6.07) is 15.5. The molecule has 2 aromatic carbocycles. The first-order chi connectivity index (χ1) is 10.2. The Labute approximate surface area is 134 Å². The van der Waals surface area contributed by atoms with E-state index >= 15 is 0 Å². The van der Waals surface area contributed by atoms with Crippen molar-refractivity contribution in [1.82, 2.24) is 0 Å². The highest BCUT2D eigenvalue weighted by Gasteiger charge is 2.44. The summed E-state index contributed by atoms with van der Waals surface area (Å²) in [5.74, 6) is 0. The quantitative estimate of drug-likeness (QED) is 0.902. The number of hydrogen-bond donors (Lipinski definition) is 2. The molecular formula is C20H27NO. The minimum absolute atomic E-state index is 0.234. The lowest BCUT2D eigenvalue weighted by molar-refractivity contribution is 0.0110. The molecule has 0 amide bonds. The molecule has 0 aliphatic rings. The van der Waals surface area contributed by atoms with Crippen molar-refractivity contribution in [1.29, 1.82) is 0 Å². The molecule has 118 valence electrons. The van der Waals surface area contributed by atoms with Gasteiger partial charge in [0, 0.05) is 6.04 Å². The summed E-state index contributed by atoms with van der Waals surface area (Å²) in [5, 5.41) is 11.7. The van der Waals surface area contributed by atoms with Gasteiger partial charge in [-0.25, -0.2) is 0 Å². The Balaban J connectivity index is 2.69. The normalized spacial score (nSPS) is 14.0. The number of nitrogens with two attached hydrogens (primary N) is 1. The summed E-state index contributed by atoms with van der Waals surface area (Å²) in [4.78, 5) is 0. The Bertz CT molecular complexity index is 609. The molecule has 0 saturated carbocycles. The average Bonchev–Trinajstić information content (AvgIpc) is 2.44. The molecule has 0 radical (unpaired) electrons. The van der Waals surface area contributed by atoms with Gasteiger partial charge in [0.05, 0.1) is 0 Å². The second-order valence-corrected chi connectivity index (χ2v) is 7.35. The van der Waals surface area contributed by atoms with E-state index in [1.807, 2.05) is 62.4 Å². The maximum Gasteiger partial charge on any atom is 0.130 e. The standard InChI is InChI=1S/C20H27NO/c1-14-8-6-10-16(12-14)20(22,18(21)19(3,4)5)17-11-7-9-15(2)13-17/h6-13,18,22H,21H2,1-5H3/t18-/m1/s1. The lowest BCUT2D eigenvalue weighted by Gasteiger charge is -2.42. The molecule has 2 heteroatoms. The van der Waals surface area contributed by atoms with Gasteiger partial charge in [-0.05, 0) is 30.4 Å². The van der Waals surface area contributed by atoms with Crippen molar-refractivity contribution in [2.24, 2.45) is 11.1 Å². The Morgan fingerprint density at radius 1 is 0.864 bits per heavy atom. The molecule has 0 unspecified atom stereocenters. The zero-order chi connectivity index (χ0) is 16.5. The molecule has 0 fully saturated rings. The van der Waals surface area contributed by atoms with Crippen molar-refractivity contribution in [3.8, 4) is 0 Å². The number of hydrogen-bond acceptors (Lipinski definition) is 2. The van der Waals surface area contributed by atoms with Crippen LogP contribution in [0.1, 0.15) is 43.0 Å². The smallest absolute Gasteiger partial charge is 0.130 e. The van der Waals surface area contributed by atoms with Crippen LogP contribution in [0.25, 0.3) is 0 Å². The Morgan fingerprint density at radius 3 is 1.59 bits per heavy atom. The summed E-state index contributed by atoms with van der Waals surface area (Å²) in [5.41, 5.74) is 9.02. The molecule has 0 aromatic heterocycles. The van der Waals surface area contributed by atoms with Crippen LogP contribution in [0, 0.1) is 19.3 Å². The Kier molecular flexibility index (Phi) is 4.46. The molecule has 1 atom stereocenters. The predicted octanol–water partition coefficient (Wildman–Crippen LogP) is 3.91. The van der Waals surface area contributed by atoms with Gasteiger partial charge in [0.25, 0.3) is 0 Å². The molecule has 2 aromatic rings. The van der Waals surface area contributed by atoms with Gasteiger partial charge in [-0.2, -0.15) is 0 Å². The van der Waals surface area contributed by atoms with Crippen molar-refractivity contribution in [3.63, 3.8) is 0 Å². The molecule has 2 rings (SSSR count). The van der Waals surface area contributed by atoms with Crippen molar-refractivity contribution in [2.75, 3.05) is 0 Å². The SMILES string of the molecule is Cc1cccc(C(O)(c2cccc(C)c2)[C@H](N)C(C)(C)C)c1. The van der Waals surface area contributed by atoms with E-state index in [1.54, 1.807) is 0 Å². The van der Waals surface area contributed by atoms with Gasteiger partial charge in [-0.3, -0.25) is 0 Å². The third-order valence-electron chi connectivity index (χ3n) is 4.30. The van der Waals surface area contributed by atoms with E-state index in [0.717, 1.165) is 22.3 Å². The molecule has 0 saturated heterocycles. The maximum atomic E-state index is 11.7. The highest BCUT2D eigenvalue weighted by atomic mass is 16.3. The molecule has 0 heterocycles. The van der Waals surface area contributed by atoms with Gasteiger partial charge in [0.15, 0.2) is 0 Å². The van der Waals surface area contributed by atoms with Crippen molar-refractivity contribution in [3.05, 3.63) is 70.8 Å². The van der Waals surface area contributed by atoms with Crippen molar-refractivity contribution in [2.45, 2.75) is 46.3 Å². The van der Waals surface area contributed by atoms with Crippen LogP contribution in [0.3, 0.4) is 0 Å². The molecule has 0 aliphatic carbocycles. The first-order valence-electron chi connectivity index (χ1n) is 7.78. The lowest BCUT2D eigenvalue weighted by atomic mass is 9.70. The molecule has 22 heavy (non-hydrogen) atoms. The fourth-order valence-electron chi connectivity index (χ4n) is 2.92. The molecule has 3 N–H and O–H groups in total. The first-order valence-corrected chi connectivity index (χ1v) is 7.78. The number of aryl methyl sites for hydroxylation is 2. The van der Waals surface area contributed by atoms with Crippen LogP contribution in [0.4, 0.5) is 0 Å². The van der Waals surface area contributed by atoms with Gasteiger partial charge in [-0.15, -0.1) is 0 Å². The Morgan fingerprint density at radius 2 is 1.27 bits per heavy atom. The van der Waals surface area contributed by atoms with Crippen LogP contribution in [0.2, 0.25) is 0 Å². The minimum Gasteiger partial charge on any atom is -0.379 e. The summed E-state index contributed by atoms with van der Waals surface area (Å²) in [6.45, 7) is 10.3. The van der Waals surface area contributed by atoms with Crippen LogP contribution in [0.5, 0.6) is 0 Å². The van der Waals surface area contributed by atoms with Crippen LogP contribution in [0.15, 0.2) is 48.5 Å². The Hall–Kier alpha value is -1.64. The van der Waals surface area contributed by atoms with Crippen molar-refractivity contribution >= 4 is 0 Å². The zero-order valence-electron chi connectivity index (χ0n) is 14.2. The van der Waals surface area contributed by atoms with Gasteiger partial charge in [0.1, 0.15) is 5.60 Å². The van der Waals surface area contributed by atoms with E-state index in [9.17, 15) is 5.11 Å². The fraction of sp³-hybridized carbons (Fsp3) is 0.400. The first kappa shape index (κ1) is 16.7. The minimum atomic E-state index is -1.21. The largest absolute Gasteiger partial charge is 0.379 e. The lowest BCUT2D eigenvalue weighted by Crippen LogP contribution is -2.53. The van der Waals surface area contributed by atoms with Crippen LogP contribution in [-0.4, -0.2) is 11.1 Å². The number of rotatable bonds is 3. The van der Waals surface area contributed by atoms with E-state index in [-0.39, 0.29) is 5.41 Å². The molecule has 0 spiro atoms. The highest BCUT2D eigenvalue weighted by molar-refractivity contribution is 5.41. The van der Waals surface area contributed by atoms with Crippen LogP contribution >= 0.6 is 0 Å². The van der Waals surface area contributed by atoms with E-state index < -0.39 is 11.6 Å².